The molecular weight excluding hydrogens is 234 g/mol. The van der Waals surface area contributed by atoms with Crippen LogP contribution in [0.1, 0.15) is 61.8 Å². The molecule has 2 nitrogen and oxygen atoms in total. The summed E-state index contributed by atoms with van der Waals surface area (Å²) in [6, 6.07) is 0. The van der Waals surface area contributed by atoms with Crippen LogP contribution in [-0.2, 0) is 4.79 Å². The van der Waals surface area contributed by atoms with E-state index in [1.54, 1.807) is 4.90 Å². The monoisotopic (exact) mass is 269 g/mol. The molecule has 1 atom stereocenters. The lowest BCUT2D eigenvalue weighted by Crippen LogP contribution is -2.44. The smallest absolute Gasteiger partial charge is 0.225 e. The van der Waals surface area contributed by atoms with Gasteiger partial charge < -0.3 is 4.90 Å². The van der Waals surface area contributed by atoms with Gasteiger partial charge in [-0.1, -0.05) is 55.4 Å². The maximum absolute atomic E-state index is 12.6. The molecule has 0 aliphatic heterocycles. The van der Waals surface area contributed by atoms with Crippen LogP contribution in [0.3, 0.4) is 0 Å². The fourth-order valence-corrected chi connectivity index (χ4v) is 2.14. The molecule has 1 amide bonds. The largest absolute Gasteiger partial charge is 0.349 e. The van der Waals surface area contributed by atoms with Gasteiger partial charge in [-0.2, -0.15) is 0 Å². The average molecular weight is 269 g/mol. The van der Waals surface area contributed by atoms with Crippen LogP contribution in [0.5, 0.6) is 0 Å². The Kier molecular flexibility index (Phi) is 6.10. The summed E-state index contributed by atoms with van der Waals surface area (Å²) in [7, 11) is 3.74. The zero-order valence-electron chi connectivity index (χ0n) is 14.8. The minimum Gasteiger partial charge on any atom is -0.349 e. The van der Waals surface area contributed by atoms with Gasteiger partial charge in [-0.25, -0.2) is 0 Å². The molecule has 19 heavy (non-hydrogen) atoms. The van der Waals surface area contributed by atoms with Crippen LogP contribution in [0.2, 0.25) is 0 Å². The van der Waals surface area contributed by atoms with Gasteiger partial charge in [0.05, 0.1) is 0 Å². The molecule has 1 unspecified atom stereocenters. The van der Waals surface area contributed by atoms with Crippen molar-refractivity contribution in [2.75, 3.05) is 14.1 Å². The molecule has 0 bridgehead atoms. The second kappa shape index (κ2) is 6.28. The standard InChI is InChI=1S/C17H35NO/c1-12(2)16(5,6)11-14(15(19)18(9)10)17(7,8)13(3)4/h12-14H,11H2,1-10H3. The van der Waals surface area contributed by atoms with E-state index in [2.05, 4.69) is 55.4 Å². The first kappa shape index (κ1) is 18.5. The van der Waals surface area contributed by atoms with E-state index < -0.39 is 0 Å². The van der Waals surface area contributed by atoms with Gasteiger partial charge in [-0.15, -0.1) is 0 Å². The van der Waals surface area contributed by atoms with E-state index in [9.17, 15) is 4.79 Å². The van der Waals surface area contributed by atoms with Gasteiger partial charge >= 0.3 is 0 Å². The van der Waals surface area contributed by atoms with Crippen molar-refractivity contribution >= 4 is 5.91 Å². The number of carbonyl (C=O) groups excluding carboxylic acids is 1. The molecule has 0 N–H and O–H groups in total. The van der Waals surface area contributed by atoms with Crippen LogP contribution in [0, 0.1) is 28.6 Å². The number of carbonyl (C=O) groups is 1. The van der Waals surface area contributed by atoms with Crippen molar-refractivity contribution in [3.05, 3.63) is 0 Å². The highest BCUT2D eigenvalue weighted by Crippen LogP contribution is 2.44. The van der Waals surface area contributed by atoms with Gasteiger partial charge in [0.1, 0.15) is 0 Å². The summed E-state index contributed by atoms with van der Waals surface area (Å²) >= 11 is 0. The molecule has 0 fully saturated rings. The first-order valence-electron chi connectivity index (χ1n) is 7.55. The van der Waals surface area contributed by atoms with E-state index in [0.29, 0.717) is 11.8 Å². The van der Waals surface area contributed by atoms with Crippen molar-refractivity contribution in [1.29, 1.82) is 0 Å². The number of rotatable bonds is 6. The fraction of sp³-hybridized carbons (Fsp3) is 0.941. The highest BCUT2D eigenvalue weighted by atomic mass is 16.2. The quantitative estimate of drug-likeness (QED) is 0.698. The van der Waals surface area contributed by atoms with Gasteiger partial charge in [-0.3, -0.25) is 4.79 Å². The molecule has 2 heteroatoms. The molecule has 114 valence electrons. The zero-order chi connectivity index (χ0) is 15.6. The van der Waals surface area contributed by atoms with Crippen molar-refractivity contribution < 1.29 is 4.79 Å². The van der Waals surface area contributed by atoms with Gasteiger partial charge in [0, 0.05) is 20.0 Å². The summed E-state index contributed by atoms with van der Waals surface area (Å²) in [5.41, 5.74) is 0.204. The summed E-state index contributed by atoms with van der Waals surface area (Å²) in [5.74, 6) is 1.42. The summed E-state index contributed by atoms with van der Waals surface area (Å²) in [4.78, 5) is 14.4. The van der Waals surface area contributed by atoms with E-state index in [0.717, 1.165) is 6.42 Å². The molecule has 0 aromatic heterocycles. The highest BCUT2D eigenvalue weighted by molar-refractivity contribution is 5.79. The van der Waals surface area contributed by atoms with E-state index >= 15 is 0 Å². The van der Waals surface area contributed by atoms with Gasteiger partial charge in [0.2, 0.25) is 5.91 Å². The lowest BCUT2D eigenvalue weighted by molar-refractivity contribution is -0.140. The van der Waals surface area contributed by atoms with Crippen LogP contribution in [-0.4, -0.2) is 24.9 Å². The molecule has 0 aromatic rings. The van der Waals surface area contributed by atoms with Gasteiger partial charge in [0.15, 0.2) is 0 Å². The van der Waals surface area contributed by atoms with Crippen LogP contribution in [0.25, 0.3) is 0 Å². The third kappa shape index (κ3) is 4.50. The first-order valence-corrected chi connectivity index (χ1v) is 7.55. The zero-order valence-corrected chi connectivity index (χ0v) is 14.8. The Morgan fingerprint density at radius 3 is 1.63 bits per heavy atom. The molecule has 0 saturated carbocycles. The molecule has 0 aliphatic carbocycles. The van der Waals surface area contributed by atoms with Crippen molar-refractivity contribution in [1.82, 2.24) is 4.90 Å². The van der Waals surface area contributed by atoms with Crippen molar-refractivity contribution in [2.24, 2.45) is 28.6 Å². The molecule has 0 aromatic carbocycles. The van der Waals surface area contributed by atoms with Gasteiger partial charge in [0.25, 0.3) is 0 Å². The summed E-state index contributed by atoms with van der Waals surface area (Å²) < 4.78 is 0. The molecular formula is C17H35NO. The summed E-state index contributed by atoms with van der Waals surface area (Å²) in [6.07, 6.45) is 0.951. The Balaban J connectivity index is 5.38. The number of nitrogens with zero attached hydrogens (tertiary/aromatic N) is 1. The minimum atomic E-state index is 0.0213. The van der Waals surface area contributed by atoms with Crippen LogP contribution < -0.4 is 0 Å². The molecule has 0 rings (SSSR count). The second-order valence-corrected chi connectivity index (χ2v) is 8.11. The maximum atomic E-state index is 12.6. The number of hydrogen-bond acceptors (Lipinski definition) is 1. The van der Waals surface area contributed by atoms with Crippen molar-refractivity contribution in [2.45, 2.75) is 61.8 Å². The summed E-state index contributed by atoms with van der Waals surface area (Å²) in [5, 5.41) is 0. The average Bonchev–Trinajstić information content (AvgIpc) is 2.24. The number of hydrogen-bond donors (Lipinski definition) is 0. The second-order valence-electron chi connectivity index (χ2n) is 8.11. The van der Waals surface area contributed by atoms with Crippen LogP contribution >= 0.6 is 0 Å². The van der Waals surface area contributed by atoms with Crippen molar-refractivity contribution in [3.63, 3.8) is 0 Å². The van der Waals surface area contributed by atoms with E-state index in [1.807, 2.05) is 14.1 Å². The Labute approximate surface area is 120 Å². The van der Waals surface area contributed by atoms with E-state index in [-0.39, 0.29) is 22.7 Å². The third-order valence-corrected chi connectivity index (χ3v) is 5.42. The molecule has 0 radical (unpaired) electrons. The van der Waals surface area contributed by atoms with Crippen molar-refractivity contribution in [3.8, 4) is 0 Å². The third-order valence-electron chi connectivity index (χ3n) is 5.42. The molecule has 0 heterocycles. The topological polar surface area (TPSA) is 20.3 Å². The normalized spacial score (nSPS) is 14.9. The first-order chi connectivity index (χ1) is 8.34. The lowest BCUT2D eigenvalue weighted by atomic mass is 9.63. The van der Waals surface area contributed by atoms with E-state index in [1.165, 1.54) is 0 Å². The predicted octanol–water partition coefficient (Wildman–Crippen LogP) is 4.45. The Bertz CT molecular complexity index is 300. The van der Waals surface area contributed by atoms with E-state index in [4.69, 9.17) is 0 Å². The van der Waals surface area contributed by atoms with Crippen LogP contribution in [0.4, 0.5) is 0 Å². The Hall–Kier alpha value is -0.530. The lowest BCUT2D eigenvalue weighted by Gasteiger charge is -2.43. The molecule has 0 aliphatic rings. The highest BCUT2D eigenvalue weighted by Gasteiger charge is 2.42. The molecule has 0 saturated heterocycles. The molecule has 0 spiro atoms. The minimum absolute atomic E-state index is 0.0213. The summed E-state index contributed by atoms with van der Waals surface area (Å²) in [6.45, 7) is 18.0. The SMILES string of the molecule is CC(C)C(C)(C)CC(C(=O)N(C)C)C(C)(C)C(C)C. The van der Waals surface area contributed by atoms with Crippen LogP contribution in [0.15, 0.2) is 0 Å². The number of amides is 1. The maximum Gasteiger partial charge on any atom is 0.225 e. The Morgan fingerprint density at radius 2 is 1.37 bits per heavy atom. The Morgan fingerprint density at radius 1 is 0.947 bits per heavy atom. The fourth-order valence-electron chi connectivity index (χ4n) is 2.14. The predicted molar refractivity (Wildman–Crippen MR) is 84.0 cm³/mol. The van der Waals surface area contributed by atoms with Gasteiger partial charge in [-0.05, 0) is 29.1 Å².